The van der Waals surface area contributed by atoms with Crippen molar-refractivity contribution in [3.63, 3.8) is 0 Å². The van der Waals surface area contributed by atoms with Crippen LogP contribution in [0.1, 0.15) is 51.9 Å². The first-order chi connectivity index (χ1) is 12.1. The number of amides is 1. The lowest BCUT2D eigenvalue weighted by molar-refractivity contribution is -0.118. The number of hydrogen-bond donors (Lipinski definition) is 1. The molecule has 1 N–H and O–H groups in total. The molecule has 0 atom stereocenters. The van der Waals surface area contributed by atoms with Crippen LogP contribution in [-0.4, -0.2) is 22.8 Å². The zero-order valence-electron chi connectivity index (χ0n) is 15.6. The summed E-state index contributed by atoms with van der Waals surface area (Å²) in [6.45, 7) is 9.85. The second-order valence-corrected chi connectivity index (χ2v) is 7.73. The Morgan fingerprint density at radius 3 is 2.58 bits per heavy atom. The van der Waals surface area contributed by atoms with Crippen molar-refractivity contribution in [2.75, 3.05) is 6.79 Å². The van der Waals surface area contributed by atoms with Gasteiger partial charge in [-0.15, -0.1) is 0 Å². The average molecular weight is 357 g/mol. The summed E-state index contributed by atoms with van der Waals surface area (Å²) in [5, 5.41) is 6.90. The highest BCUT2D eigenvalue weighted by Crippen LogP contribution is 2.32. The molecule has 7 nitrogen and oxygen atoms in total. The first-order valence-corrected chi connectivity index (χ1v) is 8.40. The van der Waals surface area contributed by atoms with Gasteiger partial charge in [-0.25, -0.2) is 0 Å². The summed E-state index contributed by atoms with van der Waals surface area (Å²) in [5.41, 5.74) is -0.162. The lowest BCUT2D eigenvalue weighted by Crippen LogP contribution is -2.41. The normalized spacial score (nSPS) is 14.0. The van der Waals surface area contributed by atoms with Gasteiger partial charge < -0.3 is 19.3 Å². The molecule has 0 saturated heterocycles. The molecule has 1 aliphatic rings. The second-order valence-electron chi connectivity index (χ2n) is 7.73. The molecule has 1 aromatic carbocycles. The molecule has 0 radical (unpaired) electrons. The highest BCUT2D eigenvalue weighted by Gasteiger charge is 2.31. The maximum Gasteiger partial charge on any atom is 0.244 e. The van der Waals surface area contributed by atoms with Crippen molar-refractivity contribution >= 4 is 12.0 Å². The van der Waals surface area contributed by atoms with Gasteiger partial charge in [-0.1, -0.05) is 32.0 Å². The smallest absolute Gasteiger partial charge is 0.244 e. The van der Waals surface area contributed by atoms with Crippen LogP contribution in [0.3, 0.4) is 0 Å². The quantitative estimate of drug-likeness (QED) is 0.846. The van der Waals surface area contributed by atoms with Crippen LogP contribution in [0.15, 0.2) is 28.8 Å². The first kappa shape index (κ1) is 18.0. The average Bonchev–Trinajstić information content (AvgIpc) is 3.21. The third-order valence-corrected chi connectivity index (χ3v) is 3.89. The Morgan fingerprint density at radius 1 is 1.15 bits per heavy atom. The Morgan fingerprint density at radius 2 is 1.88 bits per heavy atom. The Balaban J connectivity index is 1.67. The van der Waals surface area contributed by atoms with E-state index in [2.05, 4.69) is 15.5 Å². The summed E-state index contributed by atoms with van der Waals surface area (Å²) in [5.74, 6) is 2.10. The molecule has 26 heavy (non-hydrogen) atoms. The van der Waals surface area contributed by atoms with Gasteiger partial charge in [-0.05, 0) is 37.6 Å². The number of carbonyl (C=O) groups excluding carboxylic acids is 1. The van der Waals surface area contributed by atoms with E-state index in [0.717, 1.165) is 5.56 Å². The Kier molecular flexibility index (Phi) is 4.48. The zero-order valence-corrected chi connectivity index (χ0v) is 15.6. The van der Waals surface area contributed by atoms with Gasteiger partial charge in [0.15, 0.2) is 17.3 Å². The molecule has 2 aromatic rings. The van der Waals surface area contributed by atoms with Crippen LogP contribution in [0.5, 0.6) is 11.5 Å². The predicted octanol–water partition coefficient (Wildman–Crippen LogP) is 3.16. The number of aromatic nitrogens is 2. The van der Waals surface area contributed by atoms with Crippen LogP contribution >= 0.6 is 0 Å². The van der Waals surface area contributed by atoms with Crippen LogP contribution in [-0.2, 0) is 15.7 Å². The van der Waals surface area contributed by atoms with Gasteiger partial charge in [0.05, 0.1) is 5.54 Å². The van der Waals surface area contributed by atoms with E-state index in [1.807, 2.05) is 52.8 Å². The number of hydrogen-bond acceptors (Lipinski definition) is 6. The predicted molar refractivity (Wildman–Crippen MR) is 95.8 cm³/mol. The number of ether oxygens (including phenoxy) is 2. The van der Waals surface area contributed by atoms with E-state index in [4.69, 9.17) is 14.0 Å². The molecule has 0 aliphatic carbocycles. The van der Waals surface area contributed by atoms with Crippen LogP contribution in [0, 0.1) is 0 Å². The van der Waals surface area contributed by atoms with E-state index in [9.17, 15) is 4.79 Å². The third kappa shape index (κ3) is 3.87. The molecule has 7 heteroatoms. The van der Waals surface area contributed by atoms with Gasteiger partial charge in [-0.2, -0.15) is 4.98 Å². The molecule has 0 bridgehead atoms. The molecule has 1 aliphatic heterocycles. The fourth-order valence-electron chi connectivity index (χ4n) is 2.38. The summed E-state index contributed by atoms with van der Waals surface area (Å²) in [7, 11) is 0. The van der Waals surface area contributed by atoms with Gasteiger partial charge in [0.25, 0.3) is 0 Å². The Hall–Kier alpha value is -2.83. The SMILES string of the molecule is CC(C)(C)c1nc(C(C)(C)NC(=O)C=Cc2ccc3c(c2)OCO3)no1. The minimum absolute atomic E-state index is 0.221. The number of rotatable bonds is 4. The summed E-state index contributed by atoms with van der Waals surface area (Å²) in [6, 6.07) is 5.50. The molecule has 0 saturated carbocycles. The number of nitrogens with zero attached hydrogens (tertiary/aromatic N) is 2. The number of benzene rings is 1. The highest BCUT2D eigenvalue weighted by molar-refractivity contribution is 5.92. The van der Waals surface area contributed by atoms with Gasteiger partial charge in [0.2, 0.25) is 18.6 Å². The van der Waals surface area contributed by atoms with E-state index < -0.39 is 5.54 Å². The number of fused-ring (bicyclic) bond motifs is 1. The van der Waals surface area contributed by atoms with Gasteiger partial charge in [0, 0.05) is 11.5 Å². The molecule has 0 unspecified atom stereocenters. The van der Waals surface area contributed by atoms with Crippen molar-refractivity contribution in [3.05, 3.63) is 41.6 Å². The largest absolute Gasteiger partial charge is 0.454 e. The monoisotopic (exact) mass is 357 g/mol. The van der Waals surface area contributed by atoms with Crippen molar-refractivity contribution in [1.82, 2.24) is 15.5 Å². The Labute approximate surface area is 152 Å². The summed E-state index contributed by atoms with van der Waals surface area (Å²) in [4.78, 5) is 16.7. The fourth-order valence-corrected chi connectivity index (χ4v) is 2.38. The first-order valence-electron chi connectivity index (χ1n) is 8.40. The van der Waals surface area contributed by atoms with E-state index in [1.54, 1.807) is 6.08 Å². The molecule has 0 fully saturated rings. The van der Waals surface area contributed by atoms with Gasteiger partial charge in [0.1, 0.15) is 0 Å². The zero-order chi connectivity index (χ0) is 18.9. The van der Waals surface area contributed by atoms with E-state index >= 15 is 0 Å². The summed E-state index contributed by atoms with van der Waals surface area (Å²) in [6.07, 6.45) is 3.17. The van der Waals surface area contributed by atoms with E-state index in [0.29, 0.717) is 23.2 Å². The molecule has 138 valence electrons. The maximum atomic E-state index is 12.3. The minimum atomic E-state index is -0.761. The lowest BCUT2D eigenvalue weighted by atomic mass is 9.97. The van der Waals surface area contributed by atoms with Crippen LogP contribution < -0.4 is 14.8 Å². The summed E-state index contributed by atoms with van der Waals surface area (Å²) < 4.78 is 15.9. The van der Waals surface area contributed by atoms with E-state index in [-0.39, 0.29) is 18.1 Å². The number of carbonyl (C=O) groups is 1. The van der Waals surface area contributed by atoms with Gasteiger partial charge >= 0.3 is 0 Å². The fraction of sp³-hybridized carbons (Fsp3) is 0.421. The van der Waals surface area contributed by atoms with Crippen LogP contribution in [0.4, 0.5) is 0 Å². The maximum absolute atomic E-state index is 12.3. The van der Waals surface area contributed by atoms with Crippen molar-refractivity contribution in [1.29, 1.82) is 0 Å². The minimum Gasteiger partial charge on any atom is -0.454 e. The van der Waals surface area contributed by atoms with E-state index in [1.165, 1.54) is 6.08 Å². The van der Waals surface area contributed by atoms with Crippen LogP contribution in [0.2, 0.25) is 0 Å². The van der Waals surface area contributed by atoms with Crippen molar-refractivity contribution in [2.45, 2.75) is 45.6 Å². The molecular formula is C19H23N3O4. The van der Waals surface area contributed by atoms with Crippen LogP contribution in [0.25, 0.3) is 6.08 Å². The molecule has 1 amide bonds. The molecule has 1 aromatic heterocycles. The molecular weight excluding hydrogens is 334 g/mol. The third-order valence-electron chi connectivity index (χ3n) is 3.89. The molecule has 2 heterocycles. The topological polar surface area (TPSA) is 86.5 Å². The summed E-state index contributed by atoms with van der Waals surface area (Å²) >= 11 is 0. The molecule has 3 rings (SSSR count). The van der Waals surface area contributed by atoms with Crippen molar-refractivity contribution < 1.29 is 18.8 Å². The van der Waals surface area contributed by atoms with Crippen molar-refractivity contribution in [3.8, 4) is 11.5 Å². The molecule has 0 spiro atoms. The standard InChI is InChI=1S/C19H23N3O4/c1-18(2,3)17-20-16(22-26-17)19(4,5)21-15(23)9-7-12-6-8-13-14(10-12)25-11-24-13/h6-10H,11H2,1-5H3,(H,21,23). The highest BCUT2D eigenvalue weighted by atomic mass is 16.7. The van der Waals surface area contributed by atoms with Gasteiger partial charge in [-0.3, -0.25) is 4.79 Å². The van der Waals surface area contributed by atoms with Crippen molar-refractivity contribution in [2.24, 2.45) is 0 Å². The lowest BCUT2D eigenvalue weighted by Gasteiger charge is -2.21. The number of nitrogens with one attached hydrogen (secondary N) is 1. The second kappa shape index (κ2) is 6.48. The Bertz CT molecular complexity index is 847.